The van der Waals surface area contributed by atoms with E-state index < -0.39 is 0 Å². The van der Waals surface area contributed by atoms with Gasteiger partial charge in [0.05, 0.1) is 0 Å². The summed E-state index contributed by atoms with van der Waals surface area (Å²) in [6, 6.07) is 4.29. The first kappa shape index (κ1) is 19.8. The van der Waals surface area contributed by atoms with E-state index in [4.69, 9.17) is 0 Å². The van der Waals surface area contributed by atoms with E-state index in [0.29, 0.717) is 5.75 Å². The van der Waals surface area contributed by atoms with Crippen molar-refractivity contribution in [3.8, 4) is 5.75 Å². The van der Waals surface area contributed by atoms with Crippen LogP contribution in [0.15, 0.2) is 18.2 Å². The summed E-state index contributed by atoms with van der Waals surface area (Å²) >= 11 is 0. The Morgan fingerprint density at radius 2 is 1.39 bits per heavy atom. The minimum atomic E-state index is -0.0605. The maximum atomic E-state index is 10.7. The normalized spacial score (nSPS) is 13.0. The van der Waals surface area contributed by atoms with Crippen molar-refractivity contribution in [3.63, 3.8) is 0 Å². The van der Waals surface area contributed by atoms with Crippen LogP contribution in [0, 0.1) is 0 Å². The molecule has 1 nitrogen and oxygen atoms in total. The van der Waals surface area contributed by atoms with Crippen molar-refractivity contribution < 1.29 is 5.11 Å². The number of allylic oxidation sites excluding steroid dienone is 1. The van der Waals surface area contributed by atoms with Crippen LogP contribution in [-0.2, 0) is 10.8 Å². The largest absolute Gasteiger partial charge is 0.507 e. The molecule has 0 aromatic heterocycles. The number of phenols is 1. The Hall–Kier alpha value is -1.24. The Bertz CT molecular complexity index is 489. The highest BCUT2D eigenvalue weighted by Gasteiger charge is 2.26. The van der Waals surface area contributed by atoms with E-state index in [1.54, 1.807) is 0 Å². The zero-order valence-electron chi connectivity index (χ0n) is 16.3. The van der Waals surface area contributed by atoms with Gasteiger partial charge in [0.25, 0.3) is 0 Å². The molecule has 0 heterocycles. The van der Waals surface area contributed by atoms with Gasteiger partial charge >= 0.3 is 0 Å². The van der Waals surface area contributed by atoms with Gasteiger partial charge in [0.2, 0.25) is 0 Å². The molecule has 0 bridgehead atoms. The first-order valence-corrected chi connectivity index (χ1v) is 9.12. The highest BCUT2D eigenvalue weighted by molar-refractivity contribution is 5.59. The summed E-state index contributed by atoms with van der Waals surface area (Å²) in [7, 11) is 0. The lowest BCUT2D eigenvalue weighted by Crippen LogP contribution is -2.17. The lowest BCUT2D eigenvalue weighted by Gasteiger charge is -2.27. The molecule has 1 aromatic carbocycles. The number of unbranched alkanes of at least 4 members (excludes halogenated alkanes) is 4. The van der Waals surface area contributed by atoms with Crippen molar-refractivity contribution in [2.45, 2.75) is 91.4 Å². The van der Waals surface area contributed by atoms with Gasteiger partial charge in [-0.25, -0.2) is 0 Å². The molecule has 23 heavy (non-hydrogen) atoms. The van der Waals surface area contributed by atoms with Crippen molar-refractivity contribution in [1.29, 1.82) is 0 Å². The highest BCUT2D eigenvalue weighted by Crippen LogP contribution is 2.40. The number of hydrogen-bond acceptors (Lipinski definition) is 1. The zero-order chi connectivity index (χ0) is 17.7. The molecule has 0 saturated heterocycles. The zero-order valence-corrected chi connectivity index (χ0v) is 16.3. The quantitative estimate of drug-likeness (QED) is 0.562. The van der Waals surface area contributed by atoms with Gasteiger partial charge in [-0.05, 0) is 41.4 Å². The molecule has 0 fully saturated rings. The smallest absolute Gasteiger partial charge is 0.123 e. The molecule has 1 N–H and O–H groups in total. The minimum absolute atomic E-state index is 0.0605. The second-order valence-electron chi connectivity index (χ2n) is 8.72. The van der Waals surface area contributed by atoms with Gasteiger partial charge in [0.15, 0.2) is 0 Å². The molecule has 0 aliphatic carbocycles. The molecule has 1 heteroatoms. The minimum Gasteiger partial charge on any atom is -0.507 e. The number of benzene rings is 1. The first-order valence-electron chi connectivity index (χ1n) is 9.12. The predicted octanol–water partition coefficient (Wildman–Crippen LogP) is 6.97. The van der Waals surface area contributed by atoms with Crippen molar-refractivity contribution in [3.05, 3.63) is 34.9 Å². The van der Waals surface area contributed by atoms with Crippen LogP contribution in [0.4, 0.5) is 0 Å². The van der Waals surface area contributed by atoms with Gasteiger partial charge in [0, 0.05) is 11.1 Å². The van der Waals surface area contributed by atoms with E-state index >= 15 is 0 Å². The molecule has 0 spiro atoms. The molecule has 130 valence electrons. The van der Waals surface area contributed by atoms with Crippen LogP contribution in [0.1, 0.15) is 97.3 Å². The molecule has 0 unspecified atom stereocenters. The van der Waals surface area contributed by atoms with Crippen molar-refractivity contribution in [1.82, 2.24) is 0 Å². The van der Waals surface area contributed by atoms with Crippen molar-refractivity contribution in [2.75, 3.05) is 0 Å². The molecule has 0 amide bonds. The lowest BCUT2D eigenvalue weighted by atomic mass is 9.78. The van der Waals surface area contributed by atoms with E-state index in [1.807, 2.05) is 0 Å². The molecule has 1 aromatic rings. The van der Waals surface area contributed by atoms with Crippen molar-refractivity contribution >= 4 is 6.08 Å². The highest BCUT2D eigenvalue weighted by atomic mass is 16.3. The maximum absolute atomic E-state index is 10.7. The van der Waals surface area contributed by atoms with Crippen molar-refractivity contribution in [2.24, 2.45) is 0 Å². The van der Waals surface area contributed by atoms with E-state index in [0.717, 1.165) is 17.5 Å². The Morgan fingerprint density at radius 3 is 1.83 bits per heavy atom. The van der Waals surface area contributed by atoms with Crippen LogP contribution in [0.3, 0.4) is 0 Å². The number of rotatable bonds is 6. The summed E-state index contributed by atoms with van der Waals surface area (Å²) in [5.74, 6) is 0.463. The van der Waals surface area contributed by atoms with E-state index in [1.165, 1.54) is 31.2 Å². The number of hydrogen-bond donors (Lipinski definition) is 1. The van der Waals surface area contributed by atoms with Gasteiger partial charge < -0.3 is 5.11 Å². The van der Waals surface area contributed by atoms with Gasteiger partial charge in [0.1, 0.15) is 5.75 Å². The SMILES string of the molecule is CCCCCCC=Cc1cc(C(C)(C)C)c(O)c(C(C)(C)C)c1. The van der Waals surface area contributed by atoms with E-state index in [9.17, 15) is 5.11 Å². The van der Waals surface area contributed by atoms with Crippen LogP contribution in [-0.4, -0.2) is 5.11 Å². The molecule has 0 aliphatic heterocycles. The molecule has 0 saturated carbocycles. The summed E-state index contributed by atoms with van der Waals surface area (Å²) in [5.41, 5.74) is 3.16. The van der Waals surface area contributed by atoms with Crippen LogP contribution < -0.4 is 0 Å². The second kappa shape index (κ2) is 8.04. The third-order valence-electron chi connectivity index (χ3n) is 4.28. The summed E-state index contributed by atoms with van der Waals surface area (Å²) in [6.45, 7) is 15.2. The first-order chi connectivity index (χ1) is 10.6. The maximum Gasteiger partial charge on any atom is 0.123 e. The summed E-state index contributed by atoms with van der Waals surface area (Å²) in [4.78, 5) is 0. The number of aromatic hydroxyl groups is 1. The molecule has 0 atom stereocenters. The summed E-state index contributed by atoms with van der Waals surface area (Å²) < 4.78 is 0. The molecule has 0 aliphatic rings. The third kappa shape index (κ3) is 6.05. The van der Waals surface area contributed by atoms with Gasteiger partial charge in [-0.2, -0.15) is 0 Å². The van der Waals surface area contributed by atoms with Crippen LogP contribution in [0.25, 0.3) is 6.08 Å². The fraction of sp³-hybridized carbons (Fsp3) is 0.636. The van der Waals surface area contributed by atoms with Crippen LogP contribution in [0.2, 0.25) is 0 Å². The van der Waals surface area contributed by atoms with Crippen LogP contribution >= 0.6 is 0 Å². The van der Waals surface area contributed by atoms with E-state index in [-0.39, 0.29) is 10.8 Å². The average molecular weight is 317 g/mol. The summed E-state index contributed by atoms with van der Waals surface area (Å²) in [6.07, 6.45) is 10.8. The summed E-state index contributed by atoms with van der Waals surface area (Å²) in [5, 5.41) is 10.7. The molecular formula is C22H36O. The molecule has 1 rings (SSSR count). The molecule has 0 radical (unpaired) electrons. The van der Waals surface area contributed by atoms with E-state index in [2.05, 4.69) is 72.8 Å². The Labute approximate surface area is 143 Å². The standard InChI is InChI=1S/C22H36O/c1-8-9-10-11-12-13-14-17-15-18(21(2,3)4)20(23)19(16-17)22(5,6)7/h13-16,23H,8-12H2,1-7H3. The predicted molar refractivity (Wildman–Crippen MR) is 103 cm³/mol. The Kier molecular flexibility index (Phi) is 6.92. The average Bonchev–Trinajstić information content (AvgIpc) is 2.41. The van der Waals surface area contributed by atoms with Gasteiger partial charge in [-0.1, -0.05) is 79.9 Å². The fourth-order valence-corrected chi connectivity index (χ4v) is 2.80. The lowest BCUT2D eigenvalue weighted by molar-refractivity contribution is 0.423. The monoisotopic (exact) mass is 316 g/mol. The van der Waals surface area contributed by atoms with Gasteiger partial charge in [-0.3, -0.25) is 0 Å². The Balaban J connectivity index is 3.06. The Morgan fingerprint density at radius 1 is 0.870 bits per heavy atom. The van der Waals surface area contributed by atoms with Gasteiger partial charge in [-0.15, -0.1) is 0 Å². The third-order valence-corrected chi connectivity index (χ3v) is 4.28. The fourth-order valence-electron chi connectivity index (χ4n) is 2.80. The number of phenolic OH excluding ortho intramolecular Hbond substituents is 1. The molecular weight excluding hydrogens is 280 g/mol. The topological polar surface area (TPSA) is 20.2 Å². The van der Waals surface area contributed by atoms with Crippen LogP contribution in [0.5, 0.6) is 5.75 Å². The second-order valence-corrected chi connectivity index (χ2v) is 8.72.